The van der Waals surface area contributed by atoms with Gasteiger partial charge in [-0.05, 0) is 37.3 Å². The van der Waals surface area contributed by atoms with Gasteiger partial charge in [0, 0.05) is 52.0 Å². The van der Waals surface area contributed by atoms with Crippen molar-refractivity contribution in [3.05, 3.63) is 214 Å². The average molecular weight is 953 g/mol. The van der Waals surface area contributed by atoms with E-state index < -0.39 is 18.0 Å². The number of benzene rings is 6. The van der Waals surface area contributed by atoms with Crippen LogP contribution in [0.1, 0.15) is 93.2 Å². The van der Waals surface area contributed by atoms with Crippen molar-refractivity contribution in [2.24, 2.45) is 0 Å². The van der Waals surface area contributed by atoms with Crippen molar-refractivity contribution in [2.45, 2.75) is 14.4 Å². The summed E-state index contributed by atoms with van der Waals surface area (Å²) in [6.07, 6.45) is 0. The summed E-state index contributed by atoms with van der Waals surface area (Å²) in [7, 11) is 0. The molecule has 0 saturated carbocycles. The highest BCUT2D eigenvalue weighted by Gasteiger charge is 2.15. The van der Waals surface area contributed by atoms with E-state index in [4.69, 9.17) is 19.7 Å². The van der Waals surface area contributed by atoms with Crippen molar-refractivity contribution < 1.29 is 58.0 Å². The second kappa shape index (κ2) is 30.6. The molecule has 6 aromatic carbocycles. The molecule has 70 heavy (non-hydrogen) atoms. The molecule has 6 rings (SSSR count). The Hall–Kier alpha value is -8.60. The van der Waals surface area contributed by atoms with Crippen molar-refractivity contribution in [3.63, 3.8) is 0 Å². The maximum atomic E-state index is 12.6. The SMILES string of the molecule is C.CC(=O)c1cccc(C(=O)c2ccccc2)c1.O=C(NCCO)NCCO.O=C(NCCOC(=O)c1cccc(C(=O)c2ccccc2)c1)NCCOC(=O)c1cccc(C(=O)c2ccccc2)c1. The predicted molar refractivity (Wildman–Crippen MR) is 263 cm³/mol. The Labute approximate surface area is 406 Å². The summed E-state index contributed by atoms with van der Waals surface area (Å²) < 4.78 is 10.4. The summed E-state index contributed by atoms with van der Waals surface area (Å²) in [6, 6.07) is 44.9. The second-order valence-corrected chi connectivity index (χ2v) is 14.5. The number of carbonyl (C=O) groups excluding carboxylic acids is 8. The van der Waals surface area contributed by atoms with Gasteiger partial charge >= 0.3 is 24.0 Å². The molecule has 0 saturated heterocycles. The molecule has 6 aromatic rings. The number of nitrogens with one attached hydrogen (secondary N) is 4. The van der Waals surface area contributed by atoms with Gasteiger partial charge < -0.3 is 41.0 Å². The van der Waals surface area contributed by atoms with Crippen LogP contribution in [0.5, 0.6) is 0 Å². The number of esters is 2. The second-order valence-electron chi connectivity index (χ2n) is 14.5. The fourth-order valence-electron chi connectivity index (χ4n) is 5.97. The molecule has 0 radical (unpaired) electrons. The van der Waals surface area contributed by atoms with E-state index in [1.807, 2.05) is 30.3 Å². The molecule has 0 fully saturated rings. The van der Waals surface area contributed by atoms with Crippen LogP contribution >= 0.6 is 0 Å². The first-order valence-corrected chi connectivity index (χ1v) is 21.6. The number of carbonyl (C=O) groups is 8. The third kappa shape index (κ3) is 18.9. The van der Waals surface area contributed by atoms with E-state index in [0.717, 1.165) is 0 Å². The highest BCUT2D eigenvalue weighted by atomic mass is 16.5. The molecule has 6 N–H and O–H groups in total. The number of ether oxygens (including phenoxy) is 2. The van der Waals surface area contributed by atoms with E-state index in [9.17, 15) is 38.4 Å². The molecule has 0 aromatic heterocycles. The molecular weight excluding hydrogens is 897 g/mol. The maximum Gasteiger partial charge on any atom is 0.338 e. The van der Waals surface area contributed by atoms with E-state index >= 15 is 0 Å². The van der Waals surface area contributed by atoms with Crippen LogP contribution in [-0.2, 0) is 9.47 Å². The minimum Gasteiger partial charge on any atom is -0.460 e. The lowest BCUT2D eigenvalue weighted by Crippen LogP contribution is -2.39. The quantitative estimate of drug-likeness (QED) is 0.0290. The topological polar surface area (TPSA) is 244 Å². The molecule has 16 nitrogen and oxygen atoms in total. The lowest BCUT2D eigenvalue weighted by atomic mass is 10.0. The number of aliphatic hydroxyl groups is 2. The van der Waals surface area contributed by atoms with Gasteiger partial charge in [-0.1, -0.05) is 141 Å². The van der Waals surface area contributed by atoms with E-state index in [2.05, 4.69) is 21.3 Å². The Morgan fingerprint density at radius 3 is 0.957 bits per heavy atom. The fourth-order valence-corrected chi connectivity index (χ4v) is 5.97. The first kappa shape index (κ1) is 55.7. The van der Waals surface area contributed by atoms with E-state index in [1.54, 1.807) is 121 Å². The number of aliphatic hydroxyl groups excluding tert-OH is 2. The smallest absolute Gasteiger partial charge is 0.338 e. The summed E-state index contributed by atoms with van der Waals surface area (Å²) in [5.74, 6) is -1.76. The van der Waals surface area contributed by atoms with Gasteiger partial charge in [-0.15, -0.1) is 0 Å². The van der Waals surface area contributed by atoms with Crippen molar-refractivity contribution in [2.75, 3.05) is 52.6 Å². The van der Waals surface area contributed by atoms with Gasteiger partial charge in [-0.25, -0.2) is 19.2 Å². The molecule has 16 heteroatoms. The zero-order chi connectivity index (χ0) is 49.8. The van der Waals surface area contributed by atoms with Crippen LogP contribution in [0, 0.1) is 0 Å². The molecule has 4 amide bonds. The van der Waals surface area contributed by atoms with Gasteiger partial charge in [-0.3, -0.25) is 19.2 Å². The molecule has 0 aliphatic heterocycles. The fraction of sp³-hybridized carbons (Fsp3) is 0.185. The Morgan fingerprint density at radius 2 is 0.643 bits per heavy atom. The maximum absolute atomic E-state index is 12.6. The third-order valence-electron chi connectivity index (χ3n) is 9.40. The molecular formula is C54H56N4O12. The summed E-state index contributed by atoms with van der Waals surface area (Å²) in [5.41, 5.74) is 3.93. The number of hydrogen-bond donors (Lipinski definition) is 6. The van der Waals surface area contributed by atoms with Crippen LogP contribution in [0.4, 0.5) is 9.59 Å². The van der Waals surface area contributed by atoms with Crippen LogP contribution < -0.4 is 21.3 Å². The highest BCUT2D eigenvalue weighted by molar-refractivity contribution is 6.11. The molecule has 0 aliphatic carbocycles. The Kier molecular flexibility index (Phi) is 24.4. The Morgan fingerprint density at radius 1 is 0.371 bits per heavy atom. The van der Waals surface area contributed by atoms with E-state index in [0.29, 0.717) is 38.9 Å². The van der Waals surface area contributed by atoms with Crippen molar-refractivity contribution in [1.29, 1.82) is 0 Å². The predicted octanol–water partition coefficient (Wildman–Crippen LogP) is 6.49. The first-order chi connectivity index (χ1) is 33.4. The molecule has 0 atom stereocenters. The normalized spacial score (nSPS) is 9.87. The highest BCUT2D eigenvalue weighted by Crippen LogP contribution is 2.15. The third-order valence-corrected chi connectivity index (χ3v) is 9.40. The Balaban J connectivity index is 0.000000377. The number of ketones is 4. The lowest BCUT2D eigenvalue weighted by Gasteiger charge is -2.10. The van der Waals surface area contributed by atoms with E-state index in [-0.39, 0.29) is 100 Å². The molecule has 0 bridgehead atoms. The number of rotatable bonds is 19. The summed E-state index contributed by atoms with van der Waals surface area (Å²) >= 11 is 0. The molecule has 0 spiro atoms. The van der Waals surface area contributed by atoms with Crippen molar-refractivity contribution in [1.82, 2.24) is 21.3 Å². The zero-order valence-corrected chi connectivity index (χ0v) is 37.7. The number of hydrogen-bond acceptors (Lipinski definition) is 12. The van der Waals surface area contributed by atoms with Gasteiger partial charge in [0.1, 0.15) is 13.2 Å². The molecule has 0 aliphatic rings. The van der Waals surface area contributed by atoms with Gasteiger partial charge in [0.05, 0.1) is 37.4 Å². The van der Waals surface area contributed by atoms with E-state index in [1.165, 1.54) is 19.1 Å². The Bertz CT molecular complexity index is 2530. The van der Waals surface area contributed by atoms with Gasteiger partial charge in [-0.2, -0.15) is 0 Å². The standard InChI is InChI=1S/C33H28N2O7.C15H12O2.C5H12N2O3.CH4/c36-29(23-9-3-1-4-10-23)25-13-7-15-27(21-25)31(38)41-19-17-34-33(40)35-18-20-42-32(39)28-16-8-14-26(22-28)30(37)24-11-5-2-6-12-24;1-11(16)13-8-5-9-14(10-13)15(17)12-6-3-2-4-7-12;8-3-1-6-5(10)7-2-4-9;/h1-16,21-22H,17-20H2,(H2,34,35,40);2-10H,1H3;8-9H,1-4H2,(H2,6,7,10);1H4. The summed E-state index contributed by atoms with van der Waals surface area (Å²) in [4.78, 5) is 95.9. The van der Waals surface area contributed by atoms with Crippen molar-refractivity contribution in [3.8, 4) is 0 Å². The van der Waals surface area contributed by atoms with Crippen LogP contribution in [0.3, 0.4) is 0 Å². The lowest BCUT2D eigenvalue weighted by molar-refractivity contribution is 0.0506. The van der Waals surface area contributed by atoms with Crippen LogP contribution in [0.15, 0.2) is 164 Å². The summed E-state index contributed by atoms with van der Waals surface area (Å²) in [5, 5.41) is 26.3. The van der Waals surface area contributed by atoms with Gasteiger partial charge in [0.15, 0.2) is 23.1 Å². The van der Waals surface area contributed by atoms with Crippen LogP contribution in [0.25, 0.3) is 0 Å². The van der Waals surface area contributed by atoms with Gasteiger partial charge in [0.25, 0.3) is 0 Å². The average Bonchev–Trinajstić information content (AvgIpc) is 3.40. The minimum atomic E-state index is -0.624. The largest absolute Gasteiger partial charge is 0.460 e. The summed E-state index contributed by atoms with van der Waals surface area (Å²) in [6.45, 7) is 1.72. The minimum absolute atomic E-state index is 0. The van der Waals surface area contributed by atoms with Crippen LogP contribution in [-0.4, -0.2) is 110 Å². The first-order valence-electron chi connectivity index (χ1n) is 21.6. The molecule has 0 heterocycles. The monoisotopic (exact) mass is 952 g/mol. The molecule has 0 unspecified atom stereocenters. The van der Waals surface area contributed by atoms with Crippen LogP contribution in [0.2, 0.25) is 0 Å². The molecule has 364 valence electrons. The number of urea groups is 2. The van der Waals surface area contributed by atoms with Crippen molar-refractivity contribution >= 4 is 47.1 Å². The number of amides is 4. The number of Topliss-reactive ketones (excluding diaryl/α,β-unsaturated/α-hetero) is 1. The zero-order valence-electron chi connectivity index (χ0n) is 37.7. The van der Waals surface area contributed by atoms with Gasteiger partial charge in [0.2, 0.25) is 0 Å².